The molecule has 0 spiro atoms. The number of benzene rings is 1. The van der Waals surface area contributed by atoms with Crippen LogP contribution in [0.5, 0.6) is 0 Å². The van der Waals surface area contributed by atoms with E-state index in [-0.39, 0.29) is 23.6 Å². The molecule has 2 saturated heterocycles. The van der Waals surface area contributed by atoms with Gasteiger partial charge in [-0.1, -0.05) is 13.0 Å². The van der Waals surface area contributed by atoms with Crippen LogP contribution in [0.1, 0.15) is 54.2 Å². The van der Waals surface area contributed by atoms with E-state index in [2.05, 4.69) is 68.6 Å². The number of aryl methyl sites for hydroxylation is 3. The van der Waals surface area contributed by atoms with Crippen molar-refractivity contribution in [3.8, 4) is 0 Å². The lowest BCUT2D eigenvalue weighted by Gasteiger charge is -2.42. The fourth-order valence-electron chi connectivity index (χ4n) is 7.53. The molecule has 0 aliphatic carbocycles. The van der Waals surface area contributed by atoms with E-state index in [9.17, 15) is 26.7 Å². The largest absolute Gasteiger partial charge is 0.395 e. The molecule has 0 radical (unpaired) electrons. The molecule has 274 valence electrons. The van der Waals surface area contributed by atoms with Gasteiger partial charge in [0, 0.05) is 85.8 Å². The van der Waals surface area contributed by atoms with E-state index in [1.54, 1.807) is 6.07 Å². The number of piperidine rings is 1. The summed E-state index contributed by atoms with van der Waals surface area (Å²) in [4.78, 5) is 14.8. The van der Waals surface area contributed by atoms with E-state index in [4.69, 9.17) is 0 Å². The van der Waals surface area contributed by atoms with Crippen LogP contribution in [-0.2, 0) is 36.0 Å². The fourth-order valence-corrected chi connectivity index (χ4v) is 9.70. The first-order valence-electron chi connectivity index (χ1n) is 17.4. The topological polar surface area (TPSA) is 107 Å². The molecule has 10 nitrogen and oxygen atoms in total. The van der Waals surface area contributed by atoms with Crippen molar-refractivity contribution in [1.29, 1.82) is 0 Å². The third-order valence-corrected chi connectivity index (χ3v) is 12.7. The van der Waals surface area contributed by atoms with Gasteiger partial charge < -0.3 is 15.0 Å². The van der Waals surface area contributed by atoms with E-state index in [0.29, 0.717) is 47.9 Å². The zero-order valence-electron chi connectivity index (χ0n) is 29.4. The van der Waals surface area contributed by atoms with E-state index in [1.807, 2.05) is 6.92 Å². The number of hydrogen-bond acceptors (Lipinski definition) is 9. The Balaban J connectivity index is 1.09. The number of sulfonamides is 1. The molecule has 1 aromatic carbocycles. The Bertz CT molecular complexity index is 1940. The zero-order valence-corrected chi connectivity index (χ0v) is 31.1. The standard InChI is InChI=1S/C35H48F3N7O3S2/c1-6-32-40-33(30-16-28(17-35(36,37)38)49-34(30)41-32)39-26-9-11-42(12-10-26)19-25-7-8-31-29(24(25)4)15-22(2)44(31)18-23(3)43-13-14-45(50(5,47)48)27(20-43)21-46/h7-8,15-16,23,26-27,46H,6,9-14,17-21H2,1-5H3,(H,39,40,41)/t23-,27?/m0/s1. The average Bonchev–Trinajstić information content (AvgIpc) is 3.61. The van der Waals surface area contributed by atoms with Crippen molar-refractivity contribution in [2.24, 2.45) is 0 Å². The van der Waals surface area contributed by atoms with E-state index in [1.165, 1.54) is 38.3 Å². The molecular formula is C35H48F3N7O3S2. The van der Waals surface area contributed by atoms with Crippen molar-refractivity contribution in [2.75, 3.05) is 50.9 Å². The van der Waals surface area contributed by atoms with Crippen LogP contribution in [0.2, 0.25) is 0 Å². The van der Waals surface area contributed by atoms with Crippen molar-refractivity contribution < 1.29 is 26.7 Å². The molecule has 6 rings (SSSR count). The predicted octanol–water partition coefficient (Wildman–Crippen LogP) is 5.33. The van der Waals surface area contributed by atoms with Crippen molar-refractivity contribution in [1.82, 2.24) is 28.6 Å². The highest BCUT2D eigenvalue weighted by Crippen LogP contribution is 2.34. The molecule has 4 aromatic rings. The SMILES string of the molecule is CCc1nc(NC2CCN(Cc3ccc4c(cc(C)n4C[C@H](C)N4CCN(S(C)(=O)=O)C(CO)C4)c3C)CC2)c2cc(CC(F)(F)F)sc2n1. The van der Waals surface area contributed by atoms with Crippen LogP contribution < -0.4 is 5.32 Å². The number of aliphatic hydroxyl groups excluding tert-OH is 1. The lowest BCUT2D eigenvalue weighted by molar-refractivity contribution is -0.126. The number of aliphatic hydroxyl groups is 1. The first-order valence-corrected chi connectivity index (χ1v) is 20.0. The first kappa shape index (κ1) is 37.0. The lowest BCUT2D eigenvalue weighted by atomic mass is 10.0. The highest BCUT2D eigenvalue weighted by molar-refractivity contribution is 7.88. The van der Waals surface area contributed by atoms with Gasteiger partial charge >= 0.3 is 6.18 Å². The predicted molar refractivity (Wildman–Crippen MR) is 193 cm³/mol. The van der Waals surface area contributed by atoms with Crippen molar-refractivity contribution in [3.63, 3.8) is 0 Å². The Hall–Kier alpha value is -2.82. The zero-order chi connectivity index (χ0) is 36.0. The molecule has 2 atom stereocenters. The number of rotatable bonds is 11. The number of fused-ring (bicyclic) bond motifs is 2. The fraction of sp³-hybridized carbons (Fsp3) is 0.600. The Kier molecular flexibility index (Phi) is 10.8. The highest BCUT2D eigenvalue weighted by Gasteiger charge is 2.34. The van der Waals surface area contributed by atoms with Gasteiger partial charge in [-0.25, -0.2) is 18.4 Å². The molecule has 0 amide bonds. The first-order chi connectivity index (χ1) is 23.6. The van der Waals surface area contributed by atoms with Gasteiger partial charge in [0.1, 0.15) is 16.5 Å². The van der Waals surface area contributed by atoms with E-state index in [0.717, 1.165) is 50.4 Å². The molecule has 2 aliphatic heterocycles. The maximum Gasteiger partial charge on any atom is 0.393 e. The molecule has 0 bridgehead atoms. The summed E-state index contributed by atoms with van der Waals surface area (Å²) in [5.74, 6) is 1.26. The molecule has 2 N–H and O–H groups in total. The van der Waals surface area contributed by atoms with Gasteiger partial charge in [0.15, 0.2) is 0 Å². The summed E-state index contributed by atoms with van der Waals surface area (Å²) in [7, 11) is -3.37. The third-order valence-electron chi connectivity index (χ3n) is 10.3. The quantitative estimate of drug-likeness (QED) is 0.213. The van der Waals surface area contributed by atoms with Gasteiger partial charge in [0.25, 0.3) is 0 Å². The highest BCUT2D eigenvalue weighted by atomic mass is 32.2. The minimum atomic E-state index is -4.27. The van der Waals surface area contributed by atoms with Crippen LogP contribution >= 0.6 is 11.3 Å². The lowest BCUT2D eigenvalue weighted by Crippen LogP contribution is -2.58. The Morgan fingerprint density at radius 3 is 2.48 bits per heavy atom. The molecular weight excluding hydrogens is 688 g/mol. The Morgan fingerprint density at radius 1 is 1.08 bits per heavy atom. The number of halogens is 3. The molecule has 2 aliphatic rings. The monoisotopic (exact) mass is 735 g/mol. The summed E-state index contributed by atoms with van der Waals surface area (Å²) in [5, 5.41) is 15.4. The number of nitrogens with zero attached hydrogens (tertiary/aromatic N) is 6. The summed E-state index contributed by atoms with van der Waals surface area (Å²) >= 11 is 1.10. The number of alkyl halides is 3. The van der Waals surface area contributed by atoms with Gasteiger partial charge in [0.05, 0.1) is 30.7 Å². The van der Waals surface area contributed by atoms with Crippen LogP contribution in [0.3, 0.4) is 0 Å². The van der Waals surface area contributed by atoms with Crippen LogP contribution in [0.4, 0.5) is 19.0 Å². The summed E-state index contributed by atoms with van der Waals surface area (Å²) in [5.41, 5.74) is 4.91. The van der Waals surface area contributed by atoms with Gasteiger partial charge in [-0.3, -0.25) is 9.80 Å². The second-order valence-electron chi connectivity index (χ2n) is 14.0. The third kappa shape index (κ3) is 8.13. The number of nitrogens with one attached hydrogen (secondary N) is 1. The van der Waals surface area contributed by atoms with Gasteiger partial charge in [-0.15, -0.1) is 11.3 Å². The second kappa shape index (κ2) is 14.7. The Labute approximate surface area is 296 Å². The molecule has 3 aromatic heterocycles. The smallest absolute Gasteiger partial charge is 0.393 e. The normalized spacial score (nSPS) is 19.9. The molecule has 5 heterocycles. The molecule has 0 saturated carbocycles. The summed E-state index contributed by atoms with van der Waals surface area (Å²) in [6.45, 7) is 13.1. The maximum atomic E-state index is 13.1. The molecule has 50 heavy (non-hydrogen) atoms. The van der Waals surface area contributed by atoms with E-state index < -0.39 is 28.7 Å². The van der Waals surface area contributed by atoms with Gasteiger partial charge in [0.2, 0.25) is 10.0 Å². The van der Waals surface area contributed by atoms with Crippen LogP contribution in [0.25, 0.3) is 21.1 Å². The molecule has 1 unspecified atom stereocenters. The van der Waals surface area contributed by atoms with E-state index >= 15 is 0 Å². The van der Waals surface area contributed by atoms with Crippen molar-refractivity contribution in [3.05, 3.63) is 51.8 Å². The number of hydrogen-bond donors (Lipinski definition) is 2. The van der Waals surface area contributed by atoms with Crippen molar-refractivity contribution >= 4 is 48.3 Å². The Morgan fingerprint density at radius 2 is 1.82 bits per heavy atom. The molecule has 15 heteroatoms. The van der Waals surface area contributed by atoms with Crippen LogP contribution in [-0.4, -0.2) is 112 Å². The molecule has 2 fully saturated rings. The van der Waals surface area contributed by atoms with Crippen LogP contribution in [0.15, 0.2) is 24.3 Å². The number of aromatic nitrogens is 3. The summed E-state index contributed by atoms with van der Waals surface area (Å²) in [6, 6.07) is 8.18. The minimum Gasteiger partial charge on any atom is -0.395 e. The number of likely N-dealkylation sites (tertiary alicyclic amines) is 1. The minimum absolute atomic E-state index is 0.156. The number of piperazine rings is 1. The van der Waals surface area contributed by atoms with Gasteiger partial charge in [-0.05, 0) is 62.9 Å². The average molecular weight is 736 g/mol. The second-order valence-corrected chi connectivity index (χ2v) is 17.0. The van der Waals surface area contributed by atoms with Crippen LogP contribution in [0, 0.1) is 13.8 Å². The summed E-state index contributed by atoms with van der Waals surface area (Å²) < 4.78 is 67.4. The maximum absolute atomic E-state index is 13.1. The summed E-state index contributed by atoms with van der Waals surface area (Å²) in [6.07, 6.45) is -1.61. The van der Waals surface area contributed by atoms with Crippen molar-refractivity contribution in [2.45, 2.75) is 90.8 Å². The number of thiophene rings is 1. The number of anilines is 1. The van der Waals surface area contributed by atoms with Gasteiger partial charge in [-0.2, -0.15) is 17.5 Å².